The van der Waals surface area contributed by atoms with Gasteiger partial charge in [0.25, 0.3) is 0 Å². The van der Waals surface area contributed by atoms with Crippen molar-refractivity contribution in [2.24, 2.45) is 0 Å². The van der Waals surface area contributed by atoms with E-state index in [0.717, 1.165) is 64.6 Å². The maximum absolute atomic E-state index is 10.3. The van der Waals surface area contributed by atoms with E-state index in [2.05, 4.69) is 34.9 Å². The maximum Gasteiger partial charge on any atom is 0.179 e. The Bertz CT molecular complexity index is 4280. The van der Waals surface area contributed by atoms with E-state index in [1.54, 1.807) is 12.1 Å². The molecule has 0 atom stereocenters. The van der Waals surface area contributed by atoms with Crippen molar-refractivity contribution in [1.29, 1.82) is 0 Å². The molecule has 3 nitrogen and oxygen atoms in total. The summed E-state index contributed by atoms with van der Waals surface area (Å²) in [5.41, 5.74) is 6.09. The van der Waals surface area contributed by atoms with Gasteiger partial charge in [0, 0.05) is 32.6 Å². The Kier molecular flexibility index (Phi) is 6.42. The molecule has 0 aliphatic rings. The molecule has 0 spiro atoms. The van der Waals surface area contributed by atoms with Gasteiger partial charge in [0.2, 0.25) is 0 Å². The molecule has 0 aliphatic heterocycles. The fraction of sp³-hybridized carbons (Fsp3) is 0. The van der Waals surface area contributed by atoms with E-state index in [-0.39, 0.29) is 52.7 Å². The first-order chi connectivity index (χ1) is 35.5. The second-order valence-electron chi connectivity index (χ2n) is 16.1. The molecule has 13 aromatic rings. The third kappa shape index (κ3) is 5.33. The summed E-state index contributed by atoms with van der Waals surface area (Å²) in [4.78, 5) is 0. The highest BCUT2D eigenvalue weighted by molar-refractivity contribution is 7.19. The highest BCUT2D eigenvalue weighted by atomic mass is 28.3. The molecule has 0 unspecified atom stereocenters. The summed E-state index contributed by atoms with van der Waals surface area (Å²) >= 11 is 0. The summed E-state index contributed by atoms with van der Waals surface area (Å²) in [5, 5.41) is 8.13. The van der Waals surface area contributed by atoms with Gasteiger partial charge < -0.3 is 13.6 Å². The van der Waals surface area contributed by atoms with Crippen LogP contribution in [0.4, 0.5) is 0 Å². The number of hydrogen-bond donors (Lipinski definition) is 0. The Morgan fingerprint density at radius 1 is 0.391 bits per heavy atom. The predicted octanol–water partition coefficient (Wildman–Crippen LogP) is 12.8. The Morgan fingerprint density at radius 2 is 0.891 bits per heavy atom. The number of aromatic nitrogens is 2. The summed E-state index contributed by atoms with van der Waals surface area (Å²) in [6.07, 6.45) is 0. The minimum Gasteiger partial charge on any atom is -0.454 e. The molecule has 10 aromatic carbocycles. The van der Waals surface area contributed by atoms with Crippen LogP contribution in [0.15, 0.2) is 247 Å². The van der Waals surface area contributed by atoms with Crippen molar-refractivity contribution < 1.29 is 16.8 Å². The number of hydrogen-bond acceptors (Lipinski definition) is 1. The summed E-state index contributed by atoms with van der Waals surface area (Å²) in [7, 11) is -3.84. The van der Waals surface area contributed by atoms with E-state index >= 15 is 0 Å². The first-order valence-electron chi connectivity index (χ1n) is 25.8. The number of para-hydroxylation sites is 4. The summed E-state index contributed by atoms with van der Waals surface area (Å²) < 4.78 is 94.8. The molecule has 0 N–H and O–H groups in total. The molecular formula is C60H40N2OSi. The fourth-order valence-corrected chi connectivity index (χ4v) is 14.5. The molecule has 0 aliphatic carbocycles. The van der Waals surface area contributed by atoms with Crippen LogP contribution >= 0.6 is 0 Å². The van der Waals surface area contributed by atoms with E-state index in [1.165, 1.54) is 0 Å². The monoisotopic (exact) mass is 841 g/mol. The Labute approximate surface area is 384 Å². The molecule has 3 heterocycles. The van der Waals surface area contributed by atoms with Gasteiger partial charge in [-0.25, -0.2) is 0 Å². The molecule has 3 aromatic heterocycles. The van der Waals surface area contributed by atoms with Gasteiger partial charge in [-0.15, -0.1) is 0 Å². The van der Waals surface area contributed by atoms with Gasteiger partial charge in [-0.1, -0.05) is 200 Å². The number of rotatable bonds is 7. The zero-order valence-corrected chi connectivity index (χ0v) is 35.2. The van der Waals surface area contributed by atoms with Crippen LogP contribution in [0.2, 0.25) is 0 Å². The lowest BCUT2D eigenvalue weighted by Gasteiger charge is -2.34. The van der Waals surface area contributed by atoms with Crippen molar-refractivity contribution in [1.82, 2.24) is 9.13 Å². The van der Waals surface area contributed by atoms with Crippen molar-refractivity contribution in [3.8, 4) is 22.5 Å². The van der Waals surface area contributed by atoms with Crippen molar-refractivity contribution >= 4 is 94.4 Å². The lowest BCUT2D eigenvalue weighted by Crippen LogP contribution is -2.74. The van der Waals surface area contributed by atoms with E-state index in [1.807, 2.05) is 150 Å². The molecule has 0 amide bonds. The maximum atomic E-state index is 10.3. The average Bonchev–Trinajstić information content (AvgIpc) is 4.09. The SMILES string of the molecule is [2H]c1c([2H])c([2H])c(-c2ccc([Si](c3ccccc3)(c3ccccc3)c3c([2H])c([2H])c(-n4c5ccccc5c5cc(-n6c7ccccc7c7ccccc76)c6oc7ccccc7c6c54)c([2H])c3[2H])cc2)c([2H])c1[2H]. The van der Waals surface area contributed by atoms with Crippen LogP contribution in [0.1, 0.15) is 12.3 Å². The van der Waals surface area contributed by atoms with Crippen LogP contribution in [0, 0.1) is 0 Å². The average molecular weight is 842 g/mol. The van der Waals surface area contributed by atoms with Crippen LogP contribution in [-0.2, 0) is 0 Å². The van der Waals surface area contributed by atoms with Crippen molar-refractivity contribution in [3.63, 3.8) is 0 Å². The minimum absolute atomic E-state index is 0.0608. The highest BCUT2D eigenvalue weighted by Gasteiger charge is 2.41. The molecule has 0 fully saturated rings. The van der Waals surface area contributed by atoms with Gasteiger partial charge in [0.05, 0.1) is 45.5 Å². The minimum atomic E-state index is -3.84. The third-order valence-corrected chi connectivity index (χ3v) is 17.4. The smallest absolute Gasteiger partial charge is 0.179 e. The third-order valence-electron chi connectivity index (χ3n) is 12.8. The number of benzene rings is 10. The quantitative estimate of drug-likeness (QED) is 0.116. The van der Waals surface area contributed by atoms with Crippen LogP contribution in [-0.4, -0.2) is 17.2 Å². The van der Waals surface area contributed by atoms with Crippen LogP contribution in [0.25, 0.3) is 88.1 Å². The predicted molar refractivity (Wildman–Crippen MR) is 271 cm³/mol. The van der Waals surface area contributed by atoms with Gasteiger partial charge in [0.15, 0.2) is 13.7 Å². The van der Waals surface area contributed by atoms with Crippen LogP contribution in [0.3, 0.4) is 0 Å². The lowest BCUT2D eigenvalue weighted by atomic mass is 10.1. The molecule has 0 bridgehead atoms. The first kappa shape index (κ1) is 28.4. The normalized spacial score (nSPS) is 14.0. The number of nitrogens with zero attached hydrogens (tertiary/aromatic N) is 2. The first-order valence-corrected chi connectivity index (χ1v) is 23.3. The van der Waals surface area contributed by atoms with Crippen LogP contribution < -0.4 is 20.7 Å². The number of furan rings is 1. The fourth-order valence-electron chi connectivity index (χ4n) is 10.1. The Balaban J connectivity index is 1.13. The molecule has 300 valence electrons. The Morgan fingerprint density at radius 3 is 1.50 bits per heavy atom. The topological polar surface area (TPSA) is 23.0 Å². The molecule has 4 heteroatoms. The molecular weight excluding hydrogens is 793 g/mol. The van der Waals surface area contributed by atoms with Gasteiger partial charge in [0.1, 0.15) is 5.58 Å². The van der Waals surface area contributed by atoms with E-state index in [9.17, 15) is 5.48 Å². The van der Waals surface area contributed by atoms with E-state index in [0.29, 0.717) is 27.8 Å². The second kappa shape index (κ2) is 14.5. The molecule has 0 saturated heterocycles. The summed E-state index contributed by atoms with van der Waals surface area (Å²) in [5.74, 6) is 0. The zero-order chi connectivity index (χ0) is 50.0. The second-order valence-corrected chi connectivity index (χ2v) is 19.8. The van der Waals surface area contributed by atoms with Gasteiger partial charge >= 0.3 is 0 Å². The Hall–Kier alpha value is -8.18. The molecule has 0 saturated carbocycles. The van der Waals surface area contributed by atoms with Gasteiger partial charge in [-0.3, -0.25) is 0 Å². The van der Waals surface area contributed by atoms with E-state index < -0.39 is 26.2 Å². The number of fused-ring (bicyclic) bond motifs is 10. The van der Waals surface area contributed by atoms with Gasteiger partial charge in [-0.05, 0) is 74.3 Å². The summed E-state index contributed by atoms with van der Waals surface area (Å²) in [6, 6.07) is 58.4. The molecule has 0 radical (unpaired) electrons. The standard InChI is InChI=1S/C60H40N2OSi/c1-4-18-41(19-5-1)42-32-36-46(37-33-42)64(44-20-6-2-7-21-44,45-22-8-3-9-23-45)47-38-34-43(35-39-47)61-53-28-14-12-26-50(53)52-40-56(60-58(59(52)61)51-27-13-17-31-57(51)63-60)62-54-29-15-10-24-48(54)49-25-11-16-30-55(49)62/h1-40H/i1D,4D,5D,18D,19D,34D,35D,38D,39D. The molecule has 13 rings (SSSR count). The lowest BCUT2D eigenvalue weighted by molar-refractivity contribution is 0.666. The highest BCUT2D eigenvalue weighted by Crippen LogP contribution is 2.45. The largest absolute Gasteiger partial charge is 0.454 e. The van der Waals surface area contributed by atoms with Crippen LogP contribution in [0.5, 0.6) is 0 Å². The van der Waals surface area contributed by atoms with E-state index in [4.69, 9.17) is 11.3 Å². The van der Waals surface area contributed by atoms with Crippen molar-refractivity contribution in [2.75, 3.05) is 0 Å². The van der Waals surface area contributed by atoms with Crippen molar-refractivity contribution in [3.05, 3.63) is 242 Å². The zero-order valence-electron chi connectivity index (χ0n) is 43.2. The summed E-state index contributed by atoms with van der Waals surface area (Å²) in [6.45, 7) is 0. The van der Waals surface area contributed by atoms with Crippen molar-refractivity contribution in [2.45, 2.75) is 0 Å². The van der Waals surface area contributed by atoms with Gasteiger partial charge in [-0.2, -0.15) is 0 Å². The molecule has 64 heavy (non-hydrogen) atoms.